The molecule has 5 rings (SSSR count). The van der Waals surface area contributed by atoms with Crippen molar-refractivity contribution in [2.24, 2.45) is 7.05 Å². The number of benzene rings is 2. The van der Waals surface area contributed by atoms with Gasteiger partial charge in [0.2, 0.25) is 5.79 Å². The predicted octanol–water partition coefficient (Wildman–Crippen LogP) is 2.69. The van der Waals surface area contributed by atoms with Gasteiger partial charge in [0.25, 0.3) is 5.56 Å². The van der Waals surface area contributed by atoms with E-state index >= 15 is 0 Å². The molecule has 0 bridgehead atoms. The van der Waals surface area contributed by atoms with Crippen LogP contribution in [0.15, 0.2) is 76.4 Å². The van der Waals surface area contributed by atoms with Gasteiger partial charge in [0.15, 0.2) is 11.8 Å². The molecule has 0 aliphatic carbocycles. The maximum Gasteiger partial charge on any atom is 0.333 e. The molecule has 196 valence electrons. The Bertz CT molecular complexity index is 1340. The fourth-order valence-corrected chi connectivity index (χ4v) is 5.35. The third-order valence-corrected chi connectivity index (χ3v) is 7.28. The van der Waals surface area contributed by atoms with Gasteiger partial charge in [0.05, 0.1) is 26.4 Å². The van der Waals surface area contributed by atoms with Crippen molar-refractivity contribution in [2.75, 3.05) is 20.3 Å². The van der Waals surface area contributed by atoms with Gasteiger partial charge in [0.1, 0.15) is 6.10 Å². The third-order valence-electron chi connectivity index (χ3n) is 7.28. The van der Waals surface area contributed by atoms with E-state index < -0.39 is 29.4 Å². The van der Waals surface area contributed by atoms with Crippen LogP contribution in [0.25, 0.3) is 0 Å². The quantitative estimate of drug-likeness (QED) is 0.439. The van der Waals surface area contributed by atoms with Crippen molar-refractivity contribution in [2.45, 2.75) is 50.3 Å². The van der Waals surface area contributed by atoms with Crippen LogP contribution in [0.4, 0.5) is 0 Å². The minimum atomic E-state index is -1.43. The first-order valence-electron chi connectivity index (χ1n) is 12.3. The van der Waals surface area contributed by atoms with Crippen molar-refractivity contribution >= 4 is 0 Å². The van der Waals surface area contributed by atoms with Crippen LogP contribution >= 0.6 is 0 Å². The molecule has 0 spiro atoms. The predicted molar refractivity (Wildman–Crippen MR) is 135 cm³/mol. The van der Waals surface area contributed by atoms with E-state index in [0.29, 0.717) is 31.8 Å². The van der Waals surface area contributed by atoms with E-state index in [-0.39, 0.29) is 12.2 Å². The standard InChI is InChI=1S/C28H32N2O7/c1-20-16-30(26(32)29(2)24(20)31)25-28(33-3)27(14-15-35-28,36-18-22-12-8-5-9-13-22)23(37-25)19-34-17-21-10-6-4-7-11-21/h4-13,16,23,25H,14-15,17-19H2,1-3H3/t23?,25-,27-,28-/m1/s1. The second-order valence-electron chi connectivity index (χ2n) is 9.48. The SMILES string of the molecule is CO[C@]12OCC[C@@]1(OCc1ccccc1)C(COCc1ccccc1)O[C@H]2n1cc(C)c(=O)n(C)c1=O. The molecule has 0 amide bonds. The maximum atomic E-state index is 13.2. The van der Waals surface area contributed by atoms with Crippen molar-refractivity contribution in [1.29, 1.82) is 0 Å². The molecule has 0 saturated carbocycles. The lowest BCUT2D eigenvalue weighted by Gasteiger charge is -2.40. The average molecular weight is 509 g/mol. The summed E-state index contributed by atoms with van der Waals surface area (Å²) in [5, 5.41) is 0. The molecule has 1 unspecified atom stereocenters. The van der Waals surface area contributed by atoms with E-state index in [1.807, 2.05) is 60.7 Å². The van der Waals surface area contributed by atoms with E-state index in [0.717, 1.165) is 15.7 Å². The summed E-state index contributed by atoms with van der Waals surface area (Å²) < 4.78 is 34.0. The highest BCUT2D eigenvalue weighted by atomic mass is 16.8. The number of rotatable bonds is 9. The fraction of sp³-hybridized carbons (Fsp3) is 0.429. The number of ether oxygens (including phenoxy) is 5. The monoisotopic (exact) mass is 508 g/mol. The lowest BCUT2D eigenvalue weighted by atomic mass is 9.87. The zero-order valence-corrected chi connectivity index (χ0v) is 21.3. The summed E-state index contributed by atoms with van der Waals surface area (Å²) in [6, 6.07) is 19.7. The second kappa shape index (κ2) is 10.4. The van der Waals surface area contributed by atoms with Crippen LogP contribution in [0.5, 0.6) is 0 Å². The summed E-state index contributed by atoms with van der Waals surface area (Å²) in [6.45, 7) is 2.87. The Morgan fingerprint density at radius 2 is 1.65 bits per heavy atom. The largest absolute Gasteiger partial charge is 0.374 e. The minimum absolute atomic E-state index is 0.189. The Labute approximate surface area is 215 Å². The van der Waals surface area contributed by atoms with Crippen LogP contribution in [0.2, 0.25) is 0 Å². The molecule has 2 aliphatic heterocycles. The van der Waals surface area contributed by atoms with Crippen LogP contribution in [-0.2, 0) is 43.9 Å². The van der Waals surface area contributed by atoms with Crippen LogP contribution in [0, 0.1) is 6.92 Å². The lowest BCUT2D eigenvalue weighted by molar-refractivity contribution is -0.296. The molecule has 3 aromatic rings. The average Bonchev–Trinajstić information content (AvgIpc) is 3.43. The van der Waals surface area contributed by atoms with Crippen molar-refractivity contribution in [3.8, 4) is 0 Å². The van der Waals surface area contributed by atoms with Gasteiger partial charge in [-0.25, -0.2) is 4.79 Å². The van der Waals surface area contributed by atoms with Crippen molar-refractivity contribution < 1.29 is 23.7 Å². The fourth-order valence-electron chi connectivity index (χ4n) is 5.35. The summed E-state index contributed by atoms with van der Waals surface area (Å²) in [4.78, 5) is 25.6. The molecule has 2 aromatic carbocycles. The second-order valence-corrected chi connectivity index (χ2v) is 9.48. The van der Waals surface area contributed by atoms with E-state index in [1.54, 1.807) is 6.92 Å². The number of nitrogens with zero attached hydrogens (tertiary/aromatic N) is 2. The van der Waals surface area contributed by atoms with Gasteiger partial charge in [-0.1, -0.05) is 60.7 Å². The van der Waals surface area contributed by atoms with Gasteiger partial charge in [-0.3, -0.25) is 13.9 Å². The van der Waals surface area contributed by atoms with Gasteiger partial charge in [-0.2, -0.15) is 0 Å². The summed E-state index contributed by atoms with van der Waals surface area (Å²) in [5.41, 5.74) is 0.441. The normalized spacial score (nSPS) is 26.9. The molecular weight excluding hydrogens is 476 g/mol. The highest BCUT2D eigenvalue weighted by Gasteiger charge is 2.73. The van der Waals surface area contributed by atoms with Gasteiger partial charge < -0.3 is 23.7 Å². The Kier molecular flexibility index (Phi) is 7.15. The lowest BCUT2D eigenvalue weighted by Crippen LogP contribution is -2.59. The summed E-state index contributed by atoms with van der Waals surface area (Å²) in [7, 11) is 2.97. The number of hydrogen-bond donors (Lipinski definition) is 0. The van der Waals surface area contributed by atoms with Crippen LogP contribution < -0.4 is 11.2 Å². The topological polar surface area (TPSA) is 90.2 Å². The molecule has 3 heterocycles. The van der Waals surface area contributed by atoms with E-state index in [9.17, 15) is 9.59 Å². The molecule has 0 radical (unpaired) electrons. The molecular formula is C28H32N2O7. The first-order valence-corrected chi connectivity index (χ1v) is 12.3. The van der Waals surface area contributed by atoms with Gasteiger partial charge in [-0.15, -0.1) is 0 Å². The zero-order valence-electron chi connectivity index (χ0n) is 21.3. The van der Waals surface area contributed by atoms with Crippen molar-refractivity contribution in [3.63, 3.8) is 0 Å². The van der Waals surface area contributed by atoms with Crippen LogP contribution in [-0.4, -0.2) is 46.9 Å². The van der Waals surface area contributed by atoms with Crippen LogP contribution in [0.3, 0.4) is 0 Å². The molecule has 9 nitrogen and oxygen atoms in total. The van der Waals surface area contributed by atoms with Crippen LogP contribution in [0.1, 0.15) is 29.3 Å². The Balaban J connectivity index is 1.53. The molecule has 0 N–H and O–H groups in total. The van der Waals surface area contributed by atoms with Crippen molar-refractivity contribution in [1.82, 2.24) is 9.13 Å². The molecule has 1 aromatic heterocycles. The molecule has 4 atom stereocenters. The third kappa shape index (κ3) is 4.36. The highest BCUT2D eigenvalue weighted by Crippen LogP contribution is 2.56. The Morgan fingerprint density at radius 1 is 1.00 bits per heavy atom. The molecule has 2 saturated heterocycles. The van der Waals surface area contributed by atoms with Crippen molar-refractivity contribution in [3.05, 3.63) is 104 Å². The number of aromatic nitrogens is 2. The number of aryl methyl sites for hydroxylation is 1. The Hall–Kier alpha value is -3.08. The summed E-state index contributed by atoms with van der Waals surface area (Å²) in [6.07, 6.45) is 0.353. The molecule has 2 aliphatic rings. The number of fused-ring (bicyclic) bond motifs is 1. The van der Waals surface area contributed by atoms with E-state index in [4.69, 9.17) is 23.7 Å². The van der Waals surface area contributed by atoms with Gasteiger partial charge in [-0.05, 0) is 18.1 Å². The molecule has 9 heteroatoms. The molecule has 2 fully saturated rings. The zero-order chi connectivity index (χ0) is 26.0. The van der Waals surface area contributed by atoms with E-state index in [2.05, 4.69) is 0 Å². The first kappa shape index (κ1) is 25.6. The van der Waals surface area contributed by atoms with E-state index in [1.165, 1.54) is 24.9 Å². The smallest absolute Gasteiger partial charge is 0.333 e. The minimum Gasteiger partial charge on any atom is -0.374 e. The summed E-state index contributed by atoms with van der Waals surface area (Å²) in [5.74, 6) is -1.43. The number of methoxy groups -OCH3 is 1. The Morgan fingerprint density at radius 3 is 2.30 bits per heavy atom. The van der Waals surface area contributed by atoms with Gasteiger partial charge >= 0.3 is 5.69 Å². The first-order chi connectivity index (χ1) is 17.9. The molecule has 37 heavy (non-hydrogen) atoms. The maximum absolute atomic E-state index is 13.2. The number of hydrogen-bond acceptors (Lipinski definition) is 7. The highest BCUT2D eigenvalue weighted by molar-refractivity contribution is 5.18. The van der Waals surface area contributed by atoms with Gasteiger partial charge in [0, 0.05) is 32.3 Å². The summed E-state index contributed by atoms with van der Waals surface area (Å²) >= 11 is 0.